The molecule has 1 saturated heterocycles. The molecule has 0 aromatic heterocycles. The van der Waals surface area contributed by atoms with Gasteiger partial charge in [0.2, 0.25) is 0 Å². The van der Waals surface area contributed by atoms with Gasteiger partial charge in [0.1, 0.15) is 18.5 Å². The number of aryl methyl sites for hydroxylation is 1. The molecule has 0 saturated carbocycles. The number of hydrogen-bond donors (Lipinski definition) is 0. The minimum atomic E-state index is 0.225. The zero-order valence-electron chi connectivity index (χ0n) is 18.8. The number of anilines is 3. The fourth-order valence-electron chi connectivity index (χ4n) is 5.00. The van der Waals surface area contributed by atoms with E-state index < -0.39 is 0 Å². The molecule has 3 aromatic carbocycles. The minimum Gasteiger partial charge on any atom is -0.490 e. The van der Waals surface area contributed by atoms with E-state index in [0.29, 0.717) is 6.61 Å². The summed E-state index contributed by atoms with van der Waals surface area (Å²) in [6.45, 7) is 3.70. The molecule has 1 fully saturated rings. The summed E-state index contributed by atoms with van der Waals surface area (Å²) in [5, 5.41) is 6.97. The SMILES string of the molecule is C(=NN(c1ccccc1)c1ccccc1)c1cc2c3c(c1OCC1CO1)CCCN3CCC2. The molecule has 1 atom stereocenters. The molecule has 0 amide bonds. The average Bonchev–Trinajstić information content (AvgIpc) is 3.70. The summed E-state index contributed by atoms with van der Waals surface area (Å²) >= 11 is 0. The second kappa shape index (κ2) is 8.91. The number of para-hydroxylation sites is 2. The van der Waals surface area contributed by atoms with Crippen molar-refractivity contribution in [3.63, 3.8) is 0 Å². The third kappa shape index (κ3) is 4.21. The Morgan fingerprint density at radius 1 is 0.970 bits per heavy atom. The molecule has 0 bridgehead atoms. The summed E-state index contributed by atoms with van der Waals surface area (Å²) < 4.78 is 11.8. The summed E-state index contributed by atoms with van der Waals surface area (Å²) in [5.41, 5.74) is 7.31. The second-order valence-electron chi connectivity index (χ2n) is 8.97. The van der Waals surface area contributed by atoms with E-state index in [0.717, 1.165) is 55.2 Å². The van der Waals surface area contributed by atoms with Crippen molar-refractivity contribution >= 4 is 23.3 Å². The molecule has 3 heterocycles. The molecule has 0 spiro atoms. The molecule has 168 valence electrons. The van der Waals surface area contributed by atoms with Crippen LogP contribution in [0.15, 0.2) is 71.8 Å². The highest BCUT2D eigenvalue weighted by Crippen LogP contribution is 2.42. The van der Waals surface area contributed by atoms with Gasteiger partial charge >= 0.3 is 0 Å². The molecule has 3 aliphatic rings. The maximum Gasteiger partial charge on any atom is 0.133 e. The van der Waals surface area contributed by atoms with Crippen molar-refractivity contribution in [3.05, 3.63) is 83.4 Å². The van der Waals surface area contributed by atoms with Crippen LogP contribution in [0.4, 0.5) is 17.1 Å². The number of benzene rings is 3. The lowest BCUT2D eigenvalue weighted by molar-refractivity contribution is 0.260. The molecule has 0 N–H and O–H groups in total. The Morgan fingerprint density at radius 3 is 2.30 bits per heavy atom. The topological polar surface area (TPSA) is 40.6 Å². The third-order valence-electron chi connectivity index (χ3n) is 6.63. The van der Waals surface area contributed by atoms with E-state index in [4.69, 9.17) is 14.6 Å². The third-order valence-corrected chi connectivity index (χ3v) is 6.63. The van der Waals surface area contributed by atoms with Crippen LogP contribution >= 0.6 is 0 Å². The zero-order chi connectivity index (χ0) is 22.0. The highest BCUT2D eigenvalue weighted by Gasteiger charge is 2.30. The van der Waals surface area contributed by atoms with Crippen molar-refractivity contribution in [2.75, 3.05) is 36.2 Å². The summed E-state index contributed by atoms with van der Waals surface area (Å²) in [7, 11) is 0. The van der Waals surface area contributed by atoms with E-state index in [1.807, 2.05) is 47.6 Å². The molecule has 33 heavy (non-hydrogen) atoms. The lowest BCUT2D eigenvalue weighted by Gasteiger charge is -2.38. The first-order valence-corrected chi connectivity index (χ1v) is 12.0. The summed E-state index contributed by atoms with van der Waals surface area (Å²) in [6, 6.07) is 22.9. The van der Waals surface area contributed by atoms with Crippen molar-refractivity contribution in [2.24, 2.45) is 5.10 Å². The number of hydrogen-bond acceptors (Lipinski definition) is 5. The Hall–Kier alpha value is -3.31. The van der Waals surface area contributed by atoms with Gasteiger partial charge in [0.05, 0.1) is 24.2 Å². The van der Waals surface area contributed by atoms with Crippen LogP contribution in [0.3, 0.4) is 0 Å². The van der Waals surface area contributed by atoms with Gasteiger partial charge in [0.15, 0.2) is 0 Å². The lowest BCUT2D eigenvalue weighted by Crippen LogP contribution is -2.35. The smallest absolute Gasteiger partial charge is 0.133 e. The molecule has 5 heteroatoms. The van der Waals surface area contributed by atoms with Gasteiger partial charge in [-0.3, -0.25) is 0 Å². The van der Waals surface area contributed by atoms with Gasteiger partial charge < -0.3 is 14.4 Å². The van der Waals surface area contributed by atoms with Crippen LogP contribution in [-0.2, 0) is 17.6 Å². The van der Waals surface area contributed by atoms with Crippen LogP contribution in [0.2, 0.25) is 0 Å². The first-order chi connectivity index (χ1) is 16.4. The van der Waals surface area contributed by atoms with E-state index in [9.17, 15) is 0 Å². The van der Waals surface area contributed by atoms with Crippen LogP contribution in [0.25, 0.3) is 0 Å². The molecule has 0 aliphatic carbocycles. The Labute approximate surface area is 195 Å². The predicted octanol–water partition coefficient (Wildman–Crippen LogP) is 5.34. The first-order valence-electron chi connectivity index (χ1n) is 12.0. The number of hydrazone groups is 1. The Kier molecular flexibility index (Phi) is 5.48. The van der Waals surface area contributed by atoms with Crippen molar-refractivity contribution in [1.82, 2.24) is 0 Å². The van der Waals surface area contributed by atoms with Gasteiger partial charge in [-0.1, -0.05) is 36.4 Å². The largest absolute Gasteiger partial charge is 0.490 e. The molecule has 0 radical (unpaired) electrons. The lowest BCUT2D eigenvalue weighted by atomic mass is 9.89. The fraction of sp³-hybridized carbons (Fsp3) is 0.321. The van der Waals surface area contributed by atoms with Crippen molar-refractivity contribution in [1.29, 1.82) is 0 Å². The highest BCUT2D eigenvalue weighted by molar-refractivity contribution is 5.89. The van der Waals surface area contributed by atoms with Gasteiger partial charge in [-0.25, -0.2) is 5.01 Å². The Morgan fingerprint density at radius 2 is 1.64 bits per heavy atom. The highest BCUT2D eigenvalue weighted by atomic mass is 16.6. The van der Waals surface area contributed by atoms with E-state index in [2.05, 4.69) is 35.2 Å². The maximum atomic E-state index is 6.41. The van der Waals surface area contributed by atoms with Crippen LogP contribution in [0.1, 0.15) is 29.5 Å². The Balaban J connectivity index is 1.42. The molecule has 3 aliphatic heterocycles. The molecule has 1 unspecified atom stereocenters. The number of rotatable bonds is 7. The zero-order valence-corrected chi connectivity index (χ0v) is 18.8. The number of nitrogens with zero attached hydrogens (tertiary/aromatic N) is 3. The fourth-order valence-corrected chi connectivity index (χ4v) is 5.00. The number of ether oxygens (including phenoxy) is 2. The van der Waals surface area contributed by atoms with E-state index >= 15 is 0 Å². The van der Waals surface area contributed by atoms with Crippen molar-refractivity contribution in [2.45, 2.75) is 31.8 Å². The average molecular weight is 440 g/mol. The molecule has 5 nitrogen and oxygen atoms in total. The minimum absolute atomic E-state index is 0.225. The van der Waals surface area contributed by atoms with Crippen LogP contribution in [0.5, 0.6) is 5.75 Å². The van der Waals surface area contributed by atoms with Crippen LogP contribution in [-0.4, -0.2) is 38.6 Å². The first kappa shape index (κ1) is 20.3. The quantitative estimate of drug-likeness (QED) is 0.283. The van der Waals surface area contributed by atoms with E-state index in [1.54, 1.807) is 0 Å². The van der Waals surface area contributed by atoms with E-state index in [-0.39, 0.29) is 6.10 Å². The van der Waals surface area contributed by atoms with Gasteiger partial charge in [-0.05, 0) is 61.6 Å². The summed E-state index contributed by atoms with van der Waals surface area (Å²) in [6.07, 6.45) is 6.76. The molecule has 3 aromatic rings. The van der Waals surface area contributed by atoms with Crippen molar-refractivity contribution < 1.29 is 9.47 Å². The van der Waals surface area contributed by atoms with Crippen LogP contribution in [0, 0.1) is 0 Å². The van der Waals surface area contributed by atoms with Crippen LogP contribution < -0.4 is 14.6 Å². The van der Waals surface area contributed by atoms with Gasteiger partial charge in [-0.2, -0.15) is 5.10 Å². The summed E-state index contributed by atoms with van der Waals surface area (Å²) in [4.78, 5) is 2.55. The molecular weight excluding hydrogens is 410 g/mol. The second-order valence-corrected chi connectivity index (χ2v) is 8.97. The van der Waals surface area contributed by atoms with Gasteiger partial charge in [0, 0.05) is 29.9 Å². The molecular formula is C28H29N3O2. The van der Waals surface area contributed by atoms with Crippen molar-refractivity contribution in [3.8, 4) is 5.75 Å². The normalized spacial score (nSPS) is 18.8. The molecule has 6 rings (SSSR count). The van der Waals surface area contributed by atoms with E-state index in [1.165, 1.54) is 29.7 Å². The Bertz CT molecular complexity index is 1100. The van der Waals surface area contributed by atoms with Gasteiger partial charge in [-0.15, -0.1) is 0 Å². The number of epoxide rings is 1. The maximum absolute atomic E-state index is 6.41. The standard InChI is InChI=1S/C28H29N3O2/c1-3-10-23(11-4-1)31(24-12-5-2-6-13-24)29-18-22-17-21-9-7-15-30-16-8-14-26(27(21)30)28(22)33-20-25-19-32-25/h1-6,10-13,17-18,25H,7-9,14-16,19-20H2. The monoisotopic (exact) mass is 439 g/mol. The van der Waals surface area contributed by atoms with Gasteiger partial charge in [0.25, 0.3) is 0 Å². The predicted molar refractivity (Wildman–Crippen MR) is 133 cm³/mol. The summed E-state index contributed by atoms with van der Waals surface area (Å²) in [5.74, 6) is 0.987.